The molecule has 1 fully saturated rings. The zero-order valence-electron chi connectivity index (χ0n) is 22.9. The molecule has 0 N–H and O–H groups in total. The molecule has 10 nitrogen and oxygen atoms in total. The minimum absolute atomic E-state index is 0.00837. The Hall–Kier alpha value is -4.55. The van der Waals surface area contributed by atoms with Crippen molar-refractivity contribution in [2.45, 2.75) is 45.1 Å². The van der Waals surface area contributed by atoms with Crippen molar-refractivity contribution in [1.29, 1.82) is 0 Å². The zero-order valence-corrected chi connectivity index (χ0v) is 22.9. The average Bonchev–Trinajstić information content (AvgIpc) is 3.71. The Balaban J connectivity index is 1.35. The van der Waals surface area contributed by atoms with Crippen LogP contribution in [0.2, 0.25) is 0 Å². The Morgan fingerprint density at radius 3 is 2.56 bits per heavy atom. The van der Waals surface area contributed by atoms with Crippen LogP contribution in [0.3, 0.4) is 0 Å². The lowest BCUT2D eigenvalue weighted by molar-refractivity contribution is -0.117. The number of ether oxygens (including phenoxy) is 1. The number of carbonyl (C=O) groups excluding carboxylic acids is 1. The van der Waals surface area contributed by atoms with Crippen molar-refractivity contribution in [2.24, 2.45) is 0 Å². The second kappa shape index (κ2) is 9.82. The lowest BCUT2D eigenvalue weighted by atomic mass is 10.1. The summed E-state index contributed by atoms with van der Waals surface area (Å²) in [4.78, 5) is 34.2. The number of aromatic nitrogens is 6. The SMILES string of the molecule is COc1ncnc(C2CC2)c1-c1ncc2c(n1)N(Cc1ccc(-n3nc(C(C)(F)F)cc3C)c(F)c1)CC(=O)N2C. The number of benzene rings is 1. The summed E-state index contributed by atoms with van der Waals surface area (Å²) >= 11 is 0. The second-order valence-electron chi connectivity index (χ2n) is 10.4. The summed E-state index contributed by atoms with van der Waals surface area (Å²) in [7, 11) is 3.18. The van der Waals surface area contributed by atoms with Crippen molar-refractivity contribution in [3.05, 3.63) is 65.3 Å². The van der Waals surface area contributed by atoms with Crippen LogP contribution in [0.25, 0.3) is 17.1 Å². The van der Waals surface area contributed by atoms with Gasteiger partial charge < -0.3 is 14.5 Å². The molecular formula is C28H27F3N8O2. The van der Waals surface area contributed by atoms with Gasteiger partial charge in [0.25, 0.3) is 5.92 Å². The molecule has 6 rings (SSSR count). The Morgan fingerprint density at radius 2 is 1.90 bits per heavy atom. The number of methoxy groups -OCH3 is 1. The topological polar surface area (TPSA) is 102 Å². The number of fused-ring (bicyclic) bond motifs is 1. The second-order valence-corrected chi connectivity index (χ2v) is 10.4. The number of likely N-dealkylation sites (N-methyl/N-ethyl adjacent to an activating group) is 1. The minimum Gasteiger partial charge on any atom is -0.480 e. The van der Waals surface area contributed by atoms with Gasteiger partial charge in [0.2, 0.25) is 11.8 Å². The van der Waals surface area contributed by atoms with Crippen LogP contribution in [0.4, 0.5) is 24.7 Å². The molecule has 1 aliphatic heterocycles. The molecule has 1 amide bonds. The summed E-state index contributed by atoms with van der Waals surface area (Å²) in [5.74, 6) is -2.45. The van der Waals surface area contributed by atoms with Crippen molar-refractivity contribution >= 4 is 17.4 Å². The Kier molecular flexibility index (Phi) is 6.39. The number of carbonyl (C=O) groups is 1. The smallest absolute Gasteiger partial charge is 0.288 e. The first kappa shape index (κ1) is 26.7. The van der Waals surface area contributed by atoms with Crippen molar-refractivity contribution in [3.63, 3.8) is 0 Å². The molecular weight excluding hydrogens is 537 g/mol. The molecule has 1 aromatic carbocycles. The standard InChI is InChI=1S/C28H27F3N8O2/c1-15-9-21(28(2,30)31)36-39(15)19-8-5-16(10-18(19)29)12-38-13-22(40)37(3)20-11-32-25(35-26(20)38)23-24(17-6-7-17)33-14-34-27(23)41-4/h5,8-11,14,17H,6-7,12-13H2,1-4H3. The molecule has 0 radical (unpaired) electrons. The summed E-state index contributed by atoms with van der Waals surface area (Å²) in [6.45, 7) is 2.50. The molecule has 0 bridgehead atoms. The molecule has 0 spiro atoms. The van der Waals surface area contributed by atoms with E-state index in [1.165, 1.54) is 36.5 Å². The van der Waals surface area contributed by atoms with Gasteiger partial charge >= 0.3 is 0 Å². The molecule has 0 unspecified atom stereocenters. The Morgan fingerprint density at radius 1 is 1.12 bits per heavy atom. The van der Waals surface area contributed by atoms with Gasteiger partial charge in [-0.1, -0.05) is 6.07 Å². The van der Waals surface area contributed by atoms with E-state index >= 15 is 4.39 Å². The highest BCUT2D eigenvalue weighted by Crippen LogP contribution is 2.45. The van der Waals surface area contributed by atoms with E-state index in [1.807, 2.05) is 0 Å². The van der Waals surface area contributed by atoms with E-state index in [4.69, 9.17) is 9.72 Å². The van der Waals surface area contributed by atoms with Crippen molar-refractivity contribution in [3.8, 4) is 23.0 Å². The van der Waals surface area contributed by atoms with Gasteiger partial charge in [0, 0.05) is 32.1 Å². The molecule has 41 heavy (non-hydrogen) atoms. The fourth-order valence-electron chi connectivity index (χ4n) is 4.95. The average molecular weight is 565 g/mol. The molecule has 2 aliphatic rings. The van der Waals surface area contributed by atoms with E-state index in [2.05, 4.69) is 20.1 Å². The number of anilines is 2. The number of nitrogens with zero attached hydrogens (tertiary/aromatic N) is 8. The van der Waals surface area contributed by atoms with Crippen LogP contribution in [0.1, 0.15) is 48.3 Å². The first-order chi connectivity index (χ1) is 19.5. The monoisotopic (exact) mass is 564 g/mol. The third-order valence-electron chi connectivity index (χ3n) is 7.28. The number of alkyl halides is 2. The first-order valence-corrected chi connectivity index (χ1v) is 13.1. The predicted molar refractivity (Wildman–Crippen MR) is 144 cm³/mol. The van der Waals surface area contributed by atoms with Gasteiger partial charge in [-0.15, -0.1) is 0 Å². The maximum atomic E-state index is 15.3. The quantitative estimate of drug-likeness (QED) is 0.322. The van der Waals surface area contributed by atoms with Crippen LogP contribution in [0.15, 0.2) is 36.8 Å². The molecule has 4 aromatic rings. The van der Waals surface area contributed by atoms with E-state index in [0.29, 0.717) is 40.0 Å². The highest BCUT2D eigenvalue weighted by atomic mass is 19.3. The molecule has 1 aliphatic carbocycles. The van der Waals surface area contributed by atoms with E-state index < -0.39 is 17.4 Å². The van der Waals surface area contributed by atoms with Gasteiger partial charge in [-0.3, -0.25) is 4.79 Å². The Bertz CT molecular complexity index is 1660. The van der Waals surface area contributed by atoms with Crippen LogP contribution in [-0.4, -0.2) is 56.3 Å². The molecule has 0 saturated heterocycles. The third kappa shape index (κ3) is 4.85. The van der Waals surface area contributed by atoms with Crippen LogP contribution >= 0.6 is 0 Å². The van der Waals surface area contributed by atoms with Crippen LogP contribution < -0.4 is 14.5 Å². The fraction of sp³-hybridized carbons (Fsp3) is 0.357. The number of hydrogen-bond donors (Lipinski definition) is 0. The molecule has 3 aromatic heterocycles. The van der Waals surface area contributed by atoms with Crippen LogP contribution in [-0.2, 0) is 17.3 Å². The molecule has 212 valence electrons. The molecule has 13 heteroatoms. The predicted octanol–water partition coefficient (Wildman–Crippen LogP) is 4.55. The number of halogens is 3. The number of hydrogen-bond acceptors (Lipinski definition) is 8. The fourth-order valence-corrected chi connectivity index (χ4v) is 4.95. The Labute approximate surface area is 233 Å². The maximum absolute atomic E-state index is 15.3. The lowest BCUT2D eigenvalue weighted by Crippen LogP contribution is -2.44. The van der Waals surface area contributed by atoms with Crippen LogP contribution in [0, 0.1) is 12.7 Å². The van der Waals surface area contributed by atoms with Gasteiger partial charge in [-0.2, -0.15) is 13.9 Å². The molecule has 1 saturated carbocycles. The maximum Gasteiger partial charge on any atom is 0.288 e. The first-order valence-electron chi connectivity index (χ1n) is 13.1. The molecule has 4 heterocycles. The van der Waals surface area contributed by atoms with Crippen LogP contribution in [0.5, 0.6) is 5.88 Å². The minimum atomic E-state index is -3.15. The summed E-state index contributed by atoms with van der Waals surface area (Å²) in [6.07, 6.45) is 5.05. The summed E-state index contributed by atoms with van der Waals surface area (Å²) < 4.78 is 49.5. The van der Waals surface area contributed by atoms with E-state index in [1.54, 1.807) is 31.1 Å². The van der Waals surface area contributed by atoms with Gasteiger partial charge in [-0.25, -0.2) is 29.0 Å². The van der Waals surface area contributed by atoms with Gasteiger partial charge in [0.05, 0.1) is 25.5 Å². The van der Waals surface area contributed by atoms with E-state index in [-0.39, 0.29) is 30.6 Å². The largest absolute Gasteiger partial charge is 0.480 e. The highest BCUT2D eigenvalue weighted by molar-refractivity contribution is 6.02. The van der Waals surface area contributed by atoms with E-state index in [0.717, 1.165) is 30.1 Å². The summed E-state index contributed by atoms with van der Waals surface area (Å²) in [5, 5.41) is 3.91. The zero-order chi connectivity index (χ0) is 29.1. The van der Waals surface area contributed by atoms with Crippen molar-refractivity contribution in [2.75, 3.05) is 30.5 Å². The number of rotatable bonds is 7. The number of amides is 1. The van der Waals surface area contributed by atoms with Gasteiger partial charge in [0.15, 0.2) is 11.6 Å². The van der Waals surface area contributed by atoms with Crippen molar-refractivity contribution in [1.82, 2.24) is 29.7 Å². The van der Waals surface area contributed by atoms with Gasteiger partial charge in [0.1, 0.15) is 34.8 Å². The lowest BCUT2D eigenvalue weighted by Gasteiger charge is -2.34. The summed E-state index contributed by atoms with van der Waals surface area (Å²) in [6, 6.07) is 5.70. The normalized spacial score (nSPS) is 15.3. The van der Waals surface area contributed by atoms with Crippen molar-refractivity contribution < 1.29 is 22.7 Å². The van der Waals surface area contributed by atoms with Gasteiger partial charge in [-0.05, 0) is 43.5 Å². The third-order valence-corrected chi connectivity index (χ3v) is 7.28. The number of aryl methyl sites for hydroxylation is 1. The highest BCUT2D eigenvalue weighted by Gasteiger charge is 2.34. The molecule has 0 atom stereocenters. The summed E-state index contributed by atoms with van der Waals surface area (Å²) in [5.41, 5.74) is 2.48. The van der Waals surface area contributed by atoms with E-state index in [9.17, 15) is 13.6 Å².